The molecule has 4 atom stereocenters. The highest BCUT2D eigenvalue weighted by Crippen LogP contribution is 2.56. The average molecular weight is 452 g/mol. The molecule has 3 unspecified atom stereocenters. The minimum absolute atomic E-state index is 0.0899. The van der Waals surface area contributed by atoms with E-state index in [4.69, 9.17) is 0 Å². The second-order valence-corrected chi connectivity index (χ2v) is 8.67. The van der Waals surface area contributed by atoms with Gasteiger partial charge in [-0.25, -0.2) is 9.18 Å². The van der Waals surface area contributed by atoms with Gasteiger partial charge in [-0.3, -0.25) is 10.1 Å². The first-order valence-electron chi connectivity index (χ1n) is 9.79. The molecule has 11 heteroatoms. The SMILES string of the molecule is CC1([C@@H]2CCC3c4ccc(C(F)(C(F)(F)F)C(F)(F)F)cc4CCC32)NC(=O)NC1=O. The Morgan fingerprint density at radius 1 is 0.968 bits per heavy atom. The molecule has 1 heterocycles. The molecule has 4 nitrogen and oxygen atoms in total. The van der Waals surface area contributed by atoms with Crippen LogP contribution in [-0.2, 0) is 16.9 Å². The van der Waals surface area contributed by atoms with E-state index in [9.17, 15) is 40.3 Å². The van der Waals surface area contributed by atoms with Crippen LogP contribution in [-0.4, -0.2) is 29.8 Å². The van der Waals surface area contributed by atoms with Crippen LogP contribution in [0.4, 0.5) is 35.5 Å². The van der Waals surface area contributed by atoms with Crippen LogP contribution in [0.25, 0.3) is 0 Å². The van der Waals surface area contributed by atoms with Gasteiger partial charge in [-0.2, -0.15) is 26.3 Å². The van der Waals surface area contributed by atoms with Crippen molar-refractivity contribution in [2.24, 2.45) is 11.8 Å². The molecular formula is C20H19F7N2O2. The smallest absolute Gasteiger partial charge is 0.323 e. The summed E-state index contributed by atoms with van der Waals surface area (Å²) in [7, 11) is 0. The van der Waals surface area contributed by atoms with Crippen LogP contribution < -0.4 is 10.6 Å². The van der Waals surface area contributed by atoms with E-state index >= 15 is 0 Å². The normalized spacial score (nSPS) is 31.2. The molecule has 1 aromatic carbocycles. The third-order valence-electron chi connectivity index (χ3n) is 7.10. The third-order valence-corrected chi connectivity index (χ3v) is 7.10. The van der Waals surface area contributed by atoms with Gasteiger partial charge < -0.3 is 5.32 Å². The number of alkyl halides is 7. The second-order valence-electron chi connectivity index (χ2n) is 8.67. The van der Waals surface area contributed by atoms with Crippen molar-refractivity contribution < 1.29 is 40.3 Å². The van der Waals surface area contributed by atoms with Gasteiger partial charge in [0.25, 0.3) is 5.91 Å². The van der Waals surface area contributed by atoms with Gasteiger partial charge in [0.1, 0.15) is 5.54 Å². The highest BCUT2D eigenvalue weighted by molar-refractivity contribution is 6.07. The zero-order valence-electron chi connectivity index (χ0n) is 16.3. The van der Waals surface area contributed by atoms with Crippen LogP contribution in [0.1, 0.15) is 48.8 Å². The number of hydrogen-bond donors (Lipinski definition) is 2. The number of carbonyl (C=O) groups excluding carboxylic acids is 2. The number of aryl methyl sites for hydroxylation is 1. The first-order valence-corrected chi connectivity index (χ1v) is 9.79. The predicted molar refractivity (Wildman–Crippen MR) is 93.7 cm³/mol. The molecule has 0 radical (unpaired) electrons. The van der Waals surface area contributed by atoms with Crippen molar-refractivity contribution in [1.82, 2.24) is 10.6 Å². The highest BCUT2D eigenvalue weighted by atomic mass is 19.4. The van der Waals surface area contributed by atoms with E-state index in [-0.39, 0.29) is 29.7 Å². The summed E-state index contributed by atoms with van der Waals surface area (Å²) < 4.78 is 93.0. The van der Waals surface area contributed by atoms with Gasteiger partial charge in [0.15, 0.2) is 0 Å². The Labute approximate surface area is 172 Å². The number of amides is 3. The molecular weight excluding hydrogens is 433 g/mol. The lowest BCUT2D eigenvalue weighted by Gasteiger charge is -2.38. The van der Waals surface area contributed by atoms with Crippen molar-refractivity contribution >= 4 is 11.9 Å². The lowest BCUT2D eigenvalue weighted by atomic mass is 9.69. The number of benzene rings is 1. The lowest BCUT2D eigenvalue weighted by molar-refractivity contribution is -0.348. The summed E-state index contributed by atoms with van der Waals surface area (Å²) >= 11 is 0. The Morgan fingerprint density at radius 2 is 1.61 bits per heavy atom. The summed E-state index contributed by atoms with van der Waals surface area (Å²) in [5.74, 6) is -0.979. The standard InChI is InChI=1S/C20H19F7N2O2/c1-17(15(30)28-16(31)29-17)14-7-6-12-11-5-3-10(8-9(11)2-4-13(12)14)18(21,19(22,23)24)20(25,26)27/h3,5,8,12-14H,2,4,6-7H2,1H3,(H2,28,29,30,31)/t12?,13?,14-,17?/m1/s1. The van der Waals surface area contributed by atoms with Crippen LogP contribution in [0.15, 0.2) is 18.2 Å². The maximum Gasteiger partial charge on any atom is 0.435 e. The van der Waals surface area contributed by atoms with Gasteiger partial charge in [0.2, 0.25) is 0 Å². The molecule has 0 spiro atoms. The minimum Gasteiger partial charge on any atom is -0.323 e. The molecule has 4 rings (SSSR count). The fourth-order valence-electron chi connectivity index (χ4n) is 5.60. The van der Waals surface area contributed by atoms with Crippen molar-refractivity contribution in [3.8, 4) is 0 Å². The number of urea groups is 1. The molecule has 1 aromatic rings. The van der Waals surface area contributed by atoms with Crippen molar-refractivity contribution in [2.75, 3.05) is 0 Å². The molecule has 2 fully saturated rings. The van der Waals surface area contributed by atoms with Gasteiger partial charge in [0, 0.05) is 5.56 Å². The Hall–Kier alpha value is -2.33. The molecule has 1 saturated carbocycles. The van der Waals surface area contributed by atoms with E-state index in [1.165, 1.54) is 0 Å². The first-order chi connectivity index (χ1) is 14.2. The largest absolute Gasteiger partial charge is 0.435 e. The highest BCUT2D eigenvalue weighted by Gasteiger charge is 2.73. The van der Waals surface area contributed by atoms with Crippen LogP contribution in [0.5, 0.6) is 0 Å². The number of carbonyl (C=O) groups is 2. The molecule has 0 bridgehead atoms. The molecule has 2 aliphatic carbocycles. The molecule has 1 aliphatic heterocycles. The number of fused-ring (bicyclic) bond motifs is 3. The number of hydrogen-bond acceptors (Lipinski definition) is 2. The fourth-order valence-corrected chi connectivity index (χ4v) is 5.60. The van der Waals surface area contributed by atoms with Crippen molar-refractivity contribution in [3.05, 3.63) is 34.9 Å². The zero-order valence-corrected chi connectivity index (χ0v) is 16.3. The fraction of sp³-hybridized carbons (Fsp3) is 0.600. The van der Waals surface area contributed by atoms with E-state index in [0.29, 0.717) is 37.0 Å². The summed E-state index contributed by atoms with van der Waals surface area (Å²) in [4.78, 5) is 23.9. The summed E-state index contributed by atoms with van der Waals surface area (Å²) in [6.07, 6.45) is -10.6. The van der Waals surface area contributed by atoms with Gasteiger partial charge in [-0.05, 0) is 61.5 Å². The van der Waals surface area contributed by atoms with Crippen molar-refractivity contribution in [3.63, 3.8) is 0 Å². The average Bonchev–Trinajstić information content (AvgIpc) is 3.20. The third kappa shape index (κ3) is 3.02. The lowest BCUT2D eigenvalue weighted by Crippen LogP contribution is -2.52. The maximum atomic E-state index is 14.4. The monoisotopic (exact) mass is 452 g/mol. The predicted octanol–water partition coefficient (Wildman–Crippen LogP) is 4.63. The Bertz CT molecular complexity index is 928. The van der Waals surface area contributed by atoms with Crippen LogP contribution in [0, 0.1) is 11.8 Å². The Kier molecular flexibility index (Phi) is 4.65. The maximum absolute atomic E-state index is 14.4. The molecule has 1 saturated heterocycles. The van der Waals surface area contributed by atoms with E-state index in [2.05, 4.69) is 10.6 Å². The molecule has 0 aromatic heterocycles. The second kappa shape index (κ2) is 6.59. The van der Waals surface area contributed by atoms with E-state index in [1.807, 2.05) is 0 Å². The first kappa shape index (κ1) is 21.9. The number of nitrogens with one attached hydrogen (secondary N) is 2. The minimum atomic E-state index is -6.15. The molecule has 2 N–H and O–H groups in total. The van der Waals surface area contributed by atoms with Crippen LogP contribution in [0.2, 0.25) is 0 Å². The van der Waals surface area contributed by atoms with Crippen LogP contribution in [0.3, 0.4) is 0 Å². The topological polar surface area (TPSA) is 58.2 Å². The summed E-state index contributed by atoms with van der Waals surface area (Å²) in [6.45, 7) is 1.61. The van der Waals surface area contributed by atoms with Gasteiger partial charge in [-0.1, -0.05) is 18.2 Å². The molecule has 31 heavy (non-hydrogen) atoms. The number of halogens is 7. The van der Waals surface area contributed by atoms with Gasteiger partial charge >= 0.3 is 24.1 Å². The zero-order chi connectivity index (χ0) is 23.0. The van der Waals surface area contributed by atoms with Gasteiger partial charge in [-0.15, -0.1) is 0 Å². The Morgan fingerprint density at radius 3 is 2.16 bits per heavy atom. The molecule has 3 aliphatic rings. The summed E-state index contributed by atoms with van der Waals surface area (Å²) in [5, 5.41) is 4.85. The number of rotatable bonds is 2. The van der Waals surface area contributed by atoms with Gasteiger partial charge in [0.05, 0.1) is 0 Å². The quantitative estimate of drug-likeness (QED) is 0.508. The van der Waals surface area contributed by atoms with Crippen molar-refractivity contribution in [2.45, 2.75) is 62.1 Å². The molecule has 3 amide bonds. The van der Waals surface area contributed by atoms with E-state index in [0.717, 1.165) is 6.07 Å². The Balaban J connectivity index is 1.68. The number of imide groups is 1. The molecule has 170 valence electrons. The van der Waals surface area contributed by atoms with Crippen molar-refractivity contribution in [1.29, 1.82) is 0 Å². The summed E-state index contributed by atoms with van der Waals surface area (Å²) in [5.41, 5.74) is -7.24. The van der Waals surface area contributed by atoms with E-state index < -0.39 is 41.1 Å². The van der Waals surface area contributed by atoms with Crippen LogP contribution >= 0.6 is 0 Å². The summed E-state index contributed by atoms with van der Waals surface area (Å²) in [6, 6.07) is 1.77. The van der Waals surface area contributed by atoms with E-state index in [1.54, 1.807) is 6.92 Å².